The molecule has 1 fully saturated rings. The zero-order valence-corrected chi connectivity index (χ0v) is 12.5. The summed E-state index contributed by atoms with van der Waals surface area (Å²) in [5, 5.41) is 0. The Kier molecular flexibility index (Phi) is 4.57. The van der Waals surface area contributed by atoms with Crippen LogP contribution in [-0.4, -0.2) is 30.3 Å². The molecule has 0 spiro atoms. The Hall–Kier alpha value is -0.670. The molecule has 1 aromatic rings. The van der Waals surface area contributed by atoms with Crippen LogP contribution < -0.4 is 0 Å². The molecule has 0 saturated heterocycles. The molecule has 2 rings (SSSR count). The second-order valence-electron chi connectivity index (χ2n) is 5.46. The van der Waals surface area contributed by atoms with Crippen molar-refractivity contribution in [3.8, 4) is 0 Å². The largest absolute Gasteiger partial charge is 0.296 e. The molecule has 0 radical (unpaired) electrons. The van der Waals surface area contributed by atoms with Gasteiger partial charge in [-0.3, -0.25) is 9.69 Å². The maximum Gasteiger partial charge on any atom is 0.177 e. The zero-order valence-electron chi connectivity index (χ0n) is 11.7. The summed E-state index contributed by atoms with van der Waals surface area (Å²) in [5.41, 5.74) is 0.931. The molecule has 2 nitrogen and oxygen atoms in total. The van der Waals surface area contributed by atoms with Gasteiger partial charge in [0.2, 0.25) is 0 Å². The molecule has 1 heterocycles. The highest BCUT2D eigenvalue weighted by Crippen LogP contribution is 2.24. The van der Waals surface area contributed by atoms with Gasteiger partial charge in [0, 0.05) is 21.4 Å². The second kappa shape index (κ2) is 5.98. The van der Waals surface area contributed by atoms with Gasteiger partial charge in [-0.25, -0.2) is 0 Å². The molecule has 1 aromatic heterocycles. The molecule has 1 saturated carbocycles. The van der Waals surface area contributed by atoms with Crippen molar-refractivity contribution in [1.82, 2.24) is 4.90 Å². The summed E-state index contributed by atoms with van der Waals surface area (Å²) in [6.45, 7) is 4.69. The van der Waals surface area contributed by atoms with Crippen LogP contribution in [0.4, 0.5) is 0 Å². The third-order valence-electron chi connectivity index (χ3n) is 3.93. The van der Waals surface area contributed by atoms with Gasteiger partial charge in [-0.15, -0.1) is 11.3 Å². The number of hydrogen-bond acceptors (Lipinski definition) is 3. The number of aryl methyl sites for hydroxylation is 2. The SMILES string of the molecule is Cc1cc(C(=O)CN(C)C2CCCCC2)c(C)s1. The number of nitrogens with zero attached hydrogens (tertiary/aromatic N) is 1. The van der Waals surface area contributed by atoms with Crippen molar-refractivity contribution >= 4 is 17.1 Å². The first-order chi connectivity index (χ1) is 8.58. The second-order valence-corrected chi connectivity index (χ2v) is 6.92. The number of rotatable bonds is 4. The molecule has 1 aliphatic rings. The van der Waals surface area contributed by atoms with E-state index in [1.165, 1.54) is 37.0 Å². The fourth-order valence-corrected chi connectivity index (χ4v) is 3.81. The average Bonchev–Trinajstić information content (AvgIpc) is 2.69. The normalized spacial score (nSPS) is 17.3. The number of likely N-dealkylation sites (N-methyl/N-ethyl adjacent to an activating group) is 1. The number of carbonyl (C=O) groups is 1. The number of hydrogen-bond donors (Lipinski definition) is 0. The highest BCUT2D eigenvalue weighted by atomic mass is 32.1. The highest BCUT2D eigenvalue weighted by molar-refractivity contribution is 7.12. The quantitative estimate of drug-likeness (QED) is 0.772. The maximum absolute atomic E-state index is 12.3. The van der Waals surface area contributed by atoms with Crippen molar-refractivity contribution in [3.63, 3.8) is 0 Å². The van der Waals surface area contributed by atoms with Gasteiger partial charge in [-0.1, -0.05) is 19.3 Å². The summed E-state index contributed by atoms with van der Waals surface area (Å²) in [6.07, 6.45) is 6.51. The molecule has 0 bridgehead atoms. The molecule has 0 aliphatic heterocycles. The predicted molar refractivity (Wildman–Crippen MR) is 77.6 cm³/mol. The van der Waals surface area contributed by atoms with Gasteiger partial charge in [0.1, 0.15) is 0 Å². The topological polar surface area (TPSA) is 20.3 Å². The number of ketones is 1. The lowest BCUT2D eigenvalue weighted by Gasteiger charge is -2.30. The number of thiophene rings is 1. The van der Waals surface area contributed by atoms with E-state index in [9.17, 15) is 4.79 Å². The third kappa shape index (κ3) is 3.21. The van der Waals surface area contributed by atoms with Gasteiger partial charge < -0.3 is 0 Å². The molecule has 0 atom stereocenters. The summed E-state index contributed by atoms with van der Waals surface area (Å²) in [6, 6.07) is 2.65. The van der Waals surface area contributed by atoms with E-state index >= 15 is 0 Å². The van der Waals surface area contributed by atoms with Crippen LogP contribution in [-0.2, 0) is 0 Å². The van der Waals surface area contributed by atoms with E-state index in [-0.39, 0.29) is 5.78 Å². The average molecular weight is 265 g/mol. The van der Waals surface area contributed by atoms with Crippen molar-refractivity contribution < 1.29 is 4.79 Å². The summed E-state index contributed by atoms with van der Waals surface area (Å²) in [5.74, 6) is 0.282. The minimum atomic E-state index is 0.282. The molecule has 1 aliphatic carbocycles. The van der Waals surface area contributed by atoms with Gasteiger partial charge in [0.25, 0.3) is 0 Å². The third-order valence-corrected chi connectivity index (χ3v) is 4.90. The minimum Gasteiger partial charge on any atom is -0.296 e. The van der Waals surface area contributed by atoms with Crippen molar-refractivity contribution in [1.29, 1.82) is 0 Å². The van der Waals surface area contributed by atoms with Crippen molar-refractivity contribution in [2.45, 2.75) is 52.0 Å². The lowest BCUT2D eigenvalue weighted by atomic mass is 9.94. The Morgan fingerprint density at radius 2 is 2.00 bits per heavy atom. The Morgan fingerprint density at radius 1 is 1.33 bits per heavy atom. The van der Waals surface area contributed by atoms with Crippen LogP contribution in [0.5, 0.6) is 0 Å². The summed E-state index contributed by atoms with van der Waals surface area (Å²) < 4.78 is 0. The lowest BCUT2D eigenvalue weighted by Crippen LogP contribution is -2.37. The van der Waals surface area contributed by atoms with Gasteiger partial charge in [0.05, 0.1) is 6.54 Å². The molecule has 3 heteroatoms. The first kappa shape index (κ1) is 13.8. The monoisotopic (exact) mass is 265 g/mol. The molecule has 0 aromatic carbocycles. The Labute approximate surface area is 114 Å². The molecule has 0 unspecified atom stereocenters. The highest BCUT2D eigenvalue weighted by Gasteiger charge is 2.21. The van der Waals surface area contributed by atoms with Crippen LogP contribution in [0.3, 0.4) is 0 Å². The maximum atomic E-state index is 12.3. The molecular weight excluding hydrogens is 242 g/mol. The fourth-order valence-electron chi connectivity index (χ4n) is 2.87. The van der Waals surface area contributed by atoms with Crippen LogP contribution in [0.2, 0.25) is 0 Å². The Balaban J connectivity index is 1.96. The Bertz CT molecular complexity index is 418. The fraction of sp³-hybridized carbons (Fsp3) is 0.667. The summed E-state index contributed by atoms with van der Waals surface area (Å²) >= 11 is 1.72. The Morgan fingerprint density at radius 3 is 2.56 bits per heavy atom. The van der Waals surface area contributed by atoms with Crippen molar-refractivity contribution in [3.05, 3.63) is 21.4 Å². The minimum absolute atomic E-state index is 0.282. The molecule has 100 valence electrons. The predicted octanol–water partition coefficient (Wildman–Crippen LogP) is 3.81. The molecule has 0 N–H and O–H groups in total. The van der Waals surface area contributed by atoms with Crippen LogP contribution in [0, 0.1) is 13.8 Å². The van der Waals surface area contributed by atoms with Gasteiger partial charge in [-0.05, 0) is 39.8 Å². The number of Topliss-reactive ketones (excluding diaryl/α,β-unsaturated/α-hetero) is 1. The van der Waals surface area contributed by atoms with Crippen molar-refractivity contribution in [2.75, 3.05) is 13.6 Å². The molecular formula is C15H23NOS. The number of carbonyl (C=O) groups excluding carboxylic acids is 1. The zero-order chi connectivity index (χ0) is 13.1. The van der Waals surface area contributed by atoms with E-state index in [0.29, 0.717) is 12.6 Å². The summed E-state index contributed by atoms with van der Waals surface area (Å²) in [7, 11) is 2.10. The smallest absolute Gasteiger partial charge is 0.177 e. The van der Waals surface area contributed by atoms with E-state index in [0.717, 1.165) is 10.4 Å². The van der Waals surface area contributed by atoms with E-state index in [1.807, 2.05) is 13.0 Å². The van der Waals surface area contributed by atoms with E-state index in [1.54, 1.807) is 11.3 Å². The van der Waals surface area contributed by atoms with E-state index in [4.69, 9.17) is 0 Å². The van der Waals surface area contributed by atoms with Gasteiger partial charge in [0.15, 0.2) is 5.78 Å². The van der Waals surface area contributed by atoms with Crippen LogP contribution in [0.25, 0.3) is 0 Å². The van der Waals surface area contributed by atoms with Gasteiger partial charge >= 0.3 is 0 Å². The van der Waals surface area contributed by atoms with Crippen LogP contribution in [0.1, 0.15) is 52.2 Å². The standard InChI is InChI=1S/C15H23NOS/c1-11-9-14(12(2)18-11)15(17)10-16(3)13-7-5-4-6-8-13/h9,13H,4-8,10H2,1-3H3. The van der Waals surface area contributed by atoms with Crippen LogP contribution in [0.15, 0.2) is 6.07 Å². The molecule has 18 heavy (non-hydrogen) atoms. The first-order valence-corrected chi connectivity index (χ1v) is 7.70. The van der Waals surface area contributed by atoms with Gasteiger partial charge in [-0.2, -0.15) is 0 Å². The van der Waals surface area contributed by atoms with E-state index < -0.39 is 0 Å². The van der Waals surface area contributed by atoms with E-state index in [2.05, 4.69) is 18.9 Å². The van der Waals surface area contributed by atoms with Crippen LogP contribution >= 0.6 is 11.3 Å². The summed E-state index contributed by atoms with van der Waals surface area (Å²) in [4.78, 5) is 16.9. The first-order valence-electron chi connectivity index (χ1n) is 6.88. The van der Waals surface area contributed by atoms with Crippen molar-refractivity contribution in [2.24, 2.45) is 0 Å². The lowest BCUT2D eigenvalue weighted by molar-refractivity contribution is 0.0899. The molecule has 0 amide bonds.